The first-order valence-electron chi connectivity index (χ1n) is 33.8. The van der Waals surface area contributed by atoms with Gasteiger partial charge in [-0.1, -0.05) is 307 Å². The summed E-state index contributed by atoms with van der Waals surface area (Å²) >= 11 is 0. The highest BCUT2D eigenvalue weighted by Gasteiger charge is 2.18. The molecule has 0 aliphatic carbocycles. The molecule has 0 saturated carbocycles. The Balaban J connectivity index is 3.46. The summed E-state index contributed by atoms with van der Waals surface area (Å²) in [5.41, 5.74) is 0. The molecule has 0 saturated heterocycles. The van der Waals surface area contributed by atoms with Crippen LogP contribution in [0.2, 0.25) is 0 Å². The molecule has 75 heavy (non-hydrogen) atoms. The number of carbonyl (C=O) groups is 2. The molecular weight excluding hydrogens is 923 g/mol. The van der Waals surface area contributed by atoms with Crippen LogP contribution in [0.4, 0.5) is 0 Å². The lowest BCUT2D eigenvalue weighted by molar-refractivity contribution is -0.143. The summed E-state index contributed by atoms with van der Waals surface area (Å²) in [4.78, 5) is 24.6. The van der Waals surface area contributed by atoms with Gasteiger partial charge in [-0.2, -0.15) is 0 Å². The van der Waals surface area contributed by atoms with E-state index >= 15 is 0 Å². The fourth-order valence-corrected chi connectivity index (χ4v) is 10.4. The summed E-state index contributed by atoms with van der Waals surface area (Å²) in [7, 11) is 0. The molecule has 0 aromatic rings. The fourth-order valence-electron chi connectivity index (χ4n) is 10.4. The maximum absolute atomic E-state index is 12.5. The van der Waals surface area contributed by atoms with Gasteiger partial charge in [-0.05, 0) is 83.5 Å². The summed E-state index contributed by atoms with van der Waals surface area (Å²) in [5.74, 6) is -0.0737. The Bertz CT molecular complexity index is 1210. The second kappa shape index (κ2) is 64.6. The van der Waals surface area contributed by atoms with Gasteiger partial charge in [-0.15, -0.1) is 0 Å². The van der Waals surface area contributed by atoms with E-state index in [-0.39, 0.29) is 18.5 Å². The molecule has 6 heteroatoms. The zero-order valence-corrected chi connectivity index (χ0v) is 50.5. The molecule has 0 heterocycles. The Kier molecular flexibility index (Phi) is 63.0. The number of aliphatic hydroxyl groups excluding tert-OH is 2. The lowest BCUT2D eigenvalue weighted by atomic mass is 10.0. The monoisotopic (exact) mass is 1050 g/mol. The molecule has 0 spiro atoms. The van der Waals surface area contributed by atoms with E-state index in [1.54, 1.807) is 6.08 Å². The van der Waals surface area contributed by atoms with Gasteiger partial charge in [0, 0.05) is 12.8 Å². The van der Waals surface area contributed by atoms with Crippen LogP contribution in [0.25, 0.3) is 0 Å². The number of esters is 1. The van der Waals surface area contributed by atoms with E-state index in [0.717, 1.165) is 51.4 Å². The summed E-state index contributed by atoms with van der Waals surface area (Å²) in [6.07, 6.45) is 82.0. The van der Waals surface area contributed by atoms with E-state index in [1.165, 1.54) is 289 Å². The van der Waals surface area contributed by atoms with Crippen LogP contribution in [0.1, 0.15) is 367 Å². The quantitative estimate of drug-likeness (QED) is 0.0320. The predicted molar refractivity (Wildman–Crippen MR) is 329 cm³/mol. The van der Waals surface area contributed by atoms with Crippen molar-refractivity contribution in [3.63, 3.8) is 0 Å². The largest absolute Gasteiger partial charge is 0.466 e. The number of allylic oxidation sites excluding steroid dienone is 5. The first-order valence-corrected chi connectivity index (χ1v) is 33.8. The van der Waals surface area contributed by atoms with Crippen molar-refractivity contribution >= 4 is 11.9 Å². The molecule has 0 aliphatic rings. The van der Waals surface area contributed by atoms with Gasteiger partial charge in [0.2, 0.25) is 5.91 Å². The third-order valence-corrected chi connectivity index (χ3v) is 15.6. The minimum absolute atomic E-state index is 0.00129. The Morgan fingerprint density at radius 3 is 0.960 bits per heavy atom. The molecule has 0 aromatic heterocycles. The van der Waals surface area contributed by atoms with Gasteiger partial charge in [-0.3, -0.25) is 9.59 Å². The maximum Gasteiger partial charge on any atom is 0.305 e. The van der Waals surface area contributed by atoms with Crippen LogP contribution in [0.5, 0.6) is 0 Å². The SMILES string of the molecule is CCCCCC/C=C\CCCCCCCC(=O)OCCCCCCCCCCCC/C=C\CCCCCCCCCC(=O)NC(CO)C(O)/C=C/CCCCCCCCCCCCCCCCCCCCCCCC. The summed E-state index contributed by atoms with van der Waals surface area (Å²) in [6.45, 7) is 4.91. The van der Waals surface area contributed by atoms with Crippen molar-refractivity contribution in [2.45, 2.75) is 379 Å². The second-order valence-corrected chi connectivity index (χ2v) is 23.1. The number of hydrogen-bond acceptors (Lipinski definition) is 5. The third kappa shape index (κ3) is 61.2. The van der Waals surface area contributed by atoms with Crippen molar-refractivity contribution in [2.24, 2.45) is 0 Å². The van der Waals surface area contributed by atoms with Crippen molar-refractivity contribution in [1.82, 2.24) is 5.32 Å². The zero-order valence-electron chi connectivity index (χ0n) is 50.5. The lowest BCUT2D eigenvalue weighted by Gasteiger charge is -2.20. The molecular formula is C69H131NO5. The van der Waals surface area contributed by atoms with Gasteiger partial charge in [0.05, 0.1) is 25.4 Å². The second-order valence-electron chi connectivity index (χ2n) is 23.1. The van der Waals surface area contributed by atoms with Gasteiger partial charge in [0.25, 0.3) is 0 Å². The average molecular weight is 1050 g/mol. The highest BCUT2D eigenvalue weighted by Crippen LogP contribution is 2.18. The Hall–Kier alpha value is -1.92. The van der Waals surface area contributed by atoms with Gasteiger partial charge in [-0.25, -0.2) is 0 Å². The number of rotatable bonds is 63. The van der Waals surface area contributed by atoms with E-state index in [1.807, 2.05) is 6.08 Å². The standard InChI is InChI=1S/C69H131NO5/c1-3-5-7-9-11-13-15-17-18-19-20-21-22-23-25-28-31-34-38-41-45-49-53-57-61-67(72)66(65-71)70-68(73)62-58-54-50-46-42-39-35-32-29-26-24-27-30-33-36-40-44-48-52-56-60-64-75-69(74)63-59-55-51-47-43-37-16-14-12-10-8-6-4-2/h14,16,26,29,57,61,66-67,71-72H,3-13,15,17-25,27-28,30-56,58-60,62-65H2,1-2H3,(H,70,73)/b16-14-,29-26-,61-57+. The Morgan fingerprint density at radius 1 is 0.360 bits per heavy atom. The van der Waals surface area contributed by atoms with Crippen molar-refractivity contribution in [3.05, 3.63) is 36.5 Å². The molecule has 2 unspecified atom stereocenters. The third-order valence-electron chi connectivity index (χ3n) is 15.6. The normalized spacial score (nSPS) is 12.7. The molecule has 0 fully saturated rings. The number of ether oxygens (including phenoxy) is 1. The minimum Gasteiger partial charge on any atom is -0.466 e. The van der Waals surface area contributed by atoms with Gasteiger partial charge in [0.1, 0.15) is 0 Å². The number of hydrogen-bond donors (Lipinski definition) is 3. The fraction of sp³-hybridized carbons (Fsp3) is 0.884. The van der Waals surface area contributed by atoms with Gasteiger partial charge in [0.15, 0.2) is 0 Å². The molecule has 442 valence electrons. The van der Waals surface area contributed by atoms with E-state index in [4.69, 9.17) is 4.74 Å². The first-order chi connectivity index (χ1) is 37.0. The highest BCUT2D eigenvalue weighted by atomic mass is 16.5. The van der Waals surface area contributed by atoms with Crippen LogP contribution in [-0.4, -0.2) is 47.4 Å². The number of aliphatic hydroxyl groups is 2. The van der Waals surface area contributed by atoms with Crippen LogP contribution in [0.15, 0.2) is 36.5 Å². The minimum atomic E-state index is -0.851. The molecule has 1 amide bonds. The number of carbonyl (C=O) groups excluding carboxylic acids is 2. The predicted octanol–water partition coefficient (Wildman–Crippen LogP) is 21.5. The number of nitrogens with one attached hydrogen (secondary N) is 1. The van der Waals surface area contributed by atoms with Crippen molar-refractivity contribution < 1.29 is 24.5 Å². The maximum atomic E-state index is 12.5. The molecule has 0 rings (SSSR count). The van der Waals surface area contributed by atoms with Gasteiger partial charge >= 0.3 is 5.97 Å². The van der Waals surface area contributed by atoms with Crippen LogP contribution in [0, 0.1) is 0 Å². The lowest BCUT2D eigenvalue weighted by Crippen LogP contribution is -2.45. The summed E-state index contributed by atoms with van der Waals surface area (Å²) in [5, 5.41) is 23.2. The van der Waals surface area contributed by atoms with Crippen LogP contribution < -0.4 is 5.32 Å². The zero-order chi connectivity index (χ0) is 54.3. The average Bonchev–Trinajstić information content (AvgIpc) is 3.41. The molecule has 6 nitrogen and oxygen atoms in total. The Morgan fingerprint density at radius 2 is 0.627 bits per heavy atom. The number of amides is 1. The molecule has 0 radical (unpaired) electrons. The van der Waals surface area contributed by atoms with E-state index in [2.05, 4.69) is 43.5 Å². The highest BCUT2D eigenvalue weighted by molar-refractivity contribution is 5.76. The van der Waals surface area contributed by atoms with Crippen molar-refractivity contribution in [3.8, 4) is 0 Å². The van der Waals surface area contributed by atoms with E-state index in [0.29, 0.717) is 19.4 Å². The van der Waals surface area contributed by atoms with Crippen LogP contribution in [0.3, 0.4) is 0 Å². The smallest absolute Gasteiger partial charge is 0.305 e. The topological polar surface area (TPSA) is 95.9 Å². The molecule has 2 atom stereocenters. The van der Waals surface area contributed by atoms with Crippen LogP contribution >= 0.6 is 0 Å². The number of unbranched alkanes of at least 4 members (excludes halogenated alkanes) is 48. The van der Waals surface area contributed by atoms with Crippen molar-refractivity contribution in [2.75, 3.05) is 13.2 Å². The molecule has 3 N–H and O–H groups in total. The Labute approximate surface area is 468 Å². The van der Waals surface area contributed by atoms with E-state index in [9.17, 15) is 19.8 Å². The van der Waals surface area contributed by atoms with E-state index < -0.39 is 12.1 Å². The summed E-state index contributed by atoms with van der Waals surface area (Å²) in [6, 6.07) is -0.635. The molecule has 0 bridgehead atoms. The first kappa shape index (κ1) is 73.1. The molecule has 0 aliphatic heterocycles. The van der Waals surface area contributed by atoms with Gasteiger partial charge < -0.3 is 20.3 Å². The summed E-state index contributed by atoms with van der Waals surface area (Å²) < 4.78 is 5.47. The van der Waals surface area contributed by atoms with Crippen LogP contribution in [-0.2, 0) is 14.3 Å². The molecule has 0 aromatic carbocycles. The van der Waals surface area contributed by atoms with Crippen molar-refractivity contribution in [1.29, 1.82) is 0 Å².